The minimum Gasteiger partial charge on any atom is -0.459 e. The van der Waals surface area contributed by atoms with E-state index in [-0.39, 0.29) is 5.76 Å². The summed E-state index contributed by atoms with van der Waals surface area (Å²) in [5.41, 5.74) is 14.3. The fourth-order valence-electron chi connectivity index (χ4n) is 3.14. The van der Waals surface area contributed by atoms with Crippen LogP contribution in [0.25, 0.3) is 0 Å². The molecule has 156 valence electrons. The van der Waals surface area contributed by atoms with Gasteiger partial charge in [0.2, 0.25) is 0 Å². The quantitative estimate of drug-likeness (QED) is 0.378. The van der Waals surface area contributed by atoms with Crippen LogP contribution in [0.3, 0.4) is 0 Å². The maximum absolute atomic E-state index is 12.1. The van der Waals surface area contributed by atoms with Crippen LogP contribution in [0, 0.1) is 0 Å². The molecule has 0 unspecified atom stereocenters. The van der Waals surface area contributed by atoms with Crippen LogP contribution >= 0.6 is 0 Å². The molecule has 0 atom stereocenters. The predicted molar refractivity (Wildman–Crippen MR) is 119 cm³/mol. The first kappa shape index (κ1) is 20.0. The molecule has 4 rings (SSSR count). The summed E-state index contributed by atoms with van der Waals surface area (Å²) in [4.78, 5) is 22.8. The number of hydrogen-bond donors (Lipinski definition) is 3. The van der Waals surface area contributed by atoms with E-state index >= 15 is 0 Å². The van der Waals surface area contributed by atoms with E-state index in [1.54, 1.807) is 12.1 Å². The van der Waals surface area contributed by atoms with E-state index < -0.39 is 5.91 Å². The molecule has 0 aliphatic carbocycles. The Labute approximate surface area is 179 Å². The lowest BCUT2D eigenvalue weighted by Gasteiger charge is -2.26. The lowest BCUT2D eigenvalue weighted by atomic mass is 10.1. The van der Waals surface area contributed by atoms with E-state index in [4.69, 9.17) is 10.2 Å². The molecule has 2 heterocycles. The highest BCUT2D eigenvalue weighted by Crippen LogP contribution is 2.28. The summed E-state index contributed by atoms with van der Waals surface area (Å²) in [6, 6.07) is 23.4. The van der Waals surface area contributed by atoms with Crippen molar-refractivity contribution < 1.29 is 9.21 Å². The number of nitrogens with two attached hydrogens (primary N) is 1. The second-order valence-electron chi connectivity index (χ2n) is 6.84. The van der Waals surface area contributed by atoms with Crippen molar-refractivity contribution in [2.24, 2.45) is 0 Å². The van der Waals surface area contributed by atoms with Gasteiger partial charge in [0.05, 0.1) is 6.26 Å². The number of nitrogen functional groups attached to an aromatic ring is 1. The second-order valence-corrected chi connectivity index (χ2v) is 6.84. The Balaban J connectivity index is 1.58. The minimum absolute atomic E-state index is 0.176. The van der Waals surface area contributed by atoms with E-state index in [2.05, 4.69) is 50.0 Å². The van der Waals surface area contributed by atoms with Crippen LogP contribution in [0.4, 0.5) is 17.3 Å². The molecule has 0 spiro atoms. The maximum Gasteiger partial charge on any atom is 0.305 e. The SMILES string of the molecule is Nc1c(NNC(=O)c2ccco2)ncnc1N(Cc1ccccc1)Cc1ccccc1. The van der Waals surface area contributed by atoms with Crippen LogP contribution in [0.5, 0.6) is 0 Å². The average Bonchev–Trinajstić information content (AvgIpc) is 3.34. The van der Waals surface area contributed by atoms with Crippen molar-refractivity contribution in [2.75, 3.05) is 16.1 Å². The fourth-order valence-corrected chi connectivity index (χ4v) is 3.14. The molecular formula is C23H22N6O2. The maximum atomic E-state index is 12.1. The van der Waals surface area contributed by atoms with E-state index in [1.165, 1.54) is 12.6 Å². The molecule has 0 radical (unpaired) electrons. The smallest absolute Gasteiger partial charge is 0.305 e. The summed E-state index contributed by atoms with van der Waals surface area (Å²) < 4.78 is 5.08. The summed E-state index contributed by atoms with van der Waals surface area (Å²) in [6.45, 7) is 1.21. The van der Waals surface area contributed by atoms with Crippen LogP contribution in [-0.4, -0.2) is 15.9 Å². The highest BCUT2D eigenvalue weighted by Gasteiger charge is 2.17. The Morgan fingerprint density at radius 3 is 2.13 bits per heavy atom. The fraction of sp³-hybridized carbons (Fsp3) is 0.0870. The molecule has 1 amide bonds. The largest absolute Gasteiger partial charge is 0.459 e. The Morgan fingerprint density at radius 1 is 0.903 bits per heavy atom. The Hall–Kier alpha value is -4.33. The molecule has 0 saturated carbocycles. The summed E-state index contributed by atoms with van der Waals surface area (Å²) in [6.07, 6.45) is 2.84. The highest BCUT2D eigenvalue weighted by molar-refractivity contribution is 5.92. The molecule has 8 heteroatoms. The molecule has 31 heavy (non-hydrogen) atoms. The number of rotatable bonds is 8. The van der Waals surface area contributed by atoms with Crippen molar-refractivity contribution >= 4 is 23.2 Å². The number of nitrogens with one attached hydrogen (secondary N) is 2. The summed E-state index contributed by atoms with van der Waals surface area (Å²) in [7, 11) is 0. The van der Waals surface area contributed by atoms with Gasteiger partial charge >= 0.3 is 5.91 Å². The molecule has 4 N–H and O–H groups in total. The van der Waals surface area contributed by atoms with Crippen LogP contribution in [0.1, 0.15) is 21.7 Å². The first-order valence-electron chi connectivity index (χ1n) is 9.74. The zero-order valence-electron chi connectivity index (χ0n) is 16.7. The van der Waals surface area contributed by atoms with Crippen LogP contribution < -0.4 is 21.5 Å². The first-order valence-corrected chi connectivity index (χ1v) is 9.74. The van der Waals surface area contributed by atoms with Gasteiger partial charge in [0, 0.05) is 13.1 Å². The van der Waals surface area contributed by atoms with Gasteiger partial charge in [-0.15, -0.1) is 0 Å². The van der Waals surface area contributed by atoms with Crippen molar-refractivity contribution in [3.05, 3.63) is 102 Å². The van der Waals surface area contributed by atoms with Gasteiger partial charge in [0.25, 0.3) is 0 Å². The molecule has 0 saturated heterocycles. The number of nitrogens with zero attached hydrogens (tertiary/aromatic N) is 3. The van der Waals surface area contributed by atoms with E-state index in [9.17, 15) is 4.79 Å². The van der Waals surface area contributed by atoms with Crippen molar-refractivity contribution in [1.29, 1.82) is 0 Å². The van der Waals surface area contributed by atoms with Crippen molar-refractivity contribution in [2.45, 2.75) is 13.1 Å². The third kappa shape index (κ3) is 4.99. The zero-order valence-corrected chi connectivity index (χ0v) is 16.7. The van der Waals surface area contributed by atoms with Crippen LogP contribution in [0.15, 0.2) is 89.8 Å². The van der Waals surface area contributed by atoms with Gasteiger partial charge in [0.1, 0.15) is 12.0 Å². The minimum atomic E-state index is -0.435. The summed E-state index contributed by atoms with van der Waals surface area (Å²) >= 11 is 0. The van der Waals surface area contributed by atoms with Crippen molar-refractivity contribution in [3.8, 4) is 0 Å². The summed E-state index contributed by atoms with van der Waals surface area (Å²) in [5, 5.41) is 0. The standard InChI is InChI=1S/C23H22N6O2/c24-20-21(27-28-23(30)19-12-7-13-31-19)25-16-26-22(20)29(14-17-8-3-1-4-9-17)15-18-10-5-2-6-11-18/h1-13,16H,14-15,24H2,(H,28,30)(H,25,26,27). The summed E-state index contributed by atoms with van der Waals surface area (Å²) in [5.74, 6) is 0.610. The number of hydrogen-bond acceptors (Lipinski definition) is 7. The first-order chi connectivity index (χ1) is 15.2. The molecule has 2 aromatic carbocycles. The van der Waals surface area contributed by atoms with Gasteiger partial charge in [-0.05, 0) is 23.3 Å². The molecule has 2 aromatic heterocycles. The number of amides is 1. The number of anilines is 3. The average molecular weight is 414 g/mol. The van der Waals surface area contributed by atoms with Gasteiger partial charge < -0.3 is 15.1 Å². The zero-order chi connectivity index (χ0) is 21.5. The van der Waals surface area contributed by atoms with E-state index in [0.717, 1.165) is 11.1 Å². The number of carbonyl (C=O) groups is 1. The van der Waals surface area contributed by atoms with Crippen molar-refractivity contribution in [3.63, 3.8) is 0 Å². The monoisotopic (exact) mass is 414 g/mol. The lowest BCUT2D eigenvalue weighted by molar-refractivity contribution is 0.0935. The van der Waals surface area contributed by atoms with Gasteiger partial charge in [-0.2, -0.15) is 0 Å². The molecule has 4 aromatic rings. The molecule has 0 fully saturated rings. The van der Waals surface area contributed by atoms with Gasteiger partial charge in [0.15, 0.2) is 17.4 Å². The molecule has 8 nitrogen and oxygen atoms in total. The van der Waals surface area contributed by atoms with Gasteiger partial charge in [-0.25, -0.2) is 9.97 Å². The van der Waals surface area contributed by atoms with E-state index in [1.807, 2.05) is 36.4 Å². The normalized spacial score (nSPS) is 10.5. The highest BCUT2D eigenvalue weighted by atomic mass is 16.3. The Kier molecular flexibility index (Phi) is 6.08. The molecule has 0 aliphatic rings. The number of furan rings is 1. The van der Waals surface area contributed by atoms with E-state index in [0.29, 0.717) is 30.4 Å². The Bertz CT molecular complexity index is 1080. The lowest BCUT2D eigenvalue weighted by Crippen LogP contribution is -2.31. The molecular weight excluding hydrogens is 392 g/mol. The van der Waals surface area contributed by atoms with Crippen LogP contribution in [-0.2, 0) is 13.1 Å². The Morgan fingerprint density at radius 2 is 1.55 bits per heavy atom. The molecule has 0 bridgehead atoms. The topological polar surface area (TPSA) is 109 Å². The van der Waals surface area contributed by atoms with Crippen LogP contribution in [0.2, 0.25) is 0 Å². The van der Waals surface area contributed by atoms with Gasteiger partial charge in [-0.3, -0.25) is 15.6 Å². The van der Waals surface area contributed by atoms with Crippen molar-refractivity contribution in [1.82, 2.24) is 15.4 Å². The third-order valence-electron chi connectivity index (χ3n) is 4.63. The molecule has 0 aliphatic heterocycles. The number of hydrazine groups is 1. The third-order valence-corrected chi connectivity index (χ3v) is 4.63. The number of aromatic nitrogens is 2. The second kappa shape index (κ2) is 9.45. The van der Waals surface area contributed by atoms with Gasteiger partial charge in [-0.1, -0.05) is 60.7 Å². The predicted octanol–water partition coefficient (Wildman–Crippen LogP) is 3.62. The number of carbonyl (C=O) groups excluding carboxylic acids is 1. The number of benzene rings is 2.